The van der Waals surface area contributed by atoms with Gasteiger partial charge in [-0.3, -0.25) is 4.90 Å². The normalized spacial score (nSPS) is 21.0. The summed E-state index contributed by atoms with van der Waals surface area (Å²) >= 11 is 0. The van der Waals surface area contributed by atoms with Gasteiger partial charge in [0.25, 0.3) is 0 Å². The van der Waals surface area contributed by atoms with Gasteiger partial charge in [0.05, 0.1) is 38.6 Å². The van der Waals surface area contributed by atoms with Crippen LogP contribution in [0.2, 0.25) is 0 Å². The third-order valence-corrected chi connectivity index (χ3v) is 7.75. The van der Waals surface area contributed by atoms with Crippen molar-refractivity contribution in [2.75, 3.05) is 13.2 Å². The molecule has 0 radical (unpaired) electrons. The number of likely N-dealkylation sites (tertiary alicyclic amines) is 1. The largest absolute Gasteiger partial charge is 0.376 e. The van der Waals surface area contributed by atoms with Crippen molar-refractivity contribution in [3.63, 3.8) is 0 Å². The molecular weight excluding hydrogens is 510 g/mol. The van der Waals surface area contributed by atoms with E-state index in [-0.39, 0.29) is 24.2 Å². The summed E-state index contributed by atoms with van der Waals surface area (Å²) in [7, 11) is 0. The Kier molecular flexibility index (Phi) is 10.9. The molecule has 0 N–H and O–H groups in total. The van der Waals surface area contributed by atoms with Crippen LogP contribution in [0.5, 0.6) is 0 Å². The van der Waals surface area contributed by atoms with Crippen molar-refractivity contribution in [3.05, 3.63) is 144 Å². The Morgan fingerprint density at radius 3 is 1.66 bits per heavy atom. The van der Waals surface area contributed by atoms with Gasteiger partial charge in [-0.25, -0.2) is 0 Å². The smallest absolute Gasteiger partial charge is 0.121 e. The van der Waals surface area contributed by atoms with E-state index in [0.717, 1.165) is 29.5 Å². The average Bonchev–Trinajstić information content (AvgIpc) is 3.03. The highest BCUT2D eigenvalue weighted by Gasteiger charge is 2.45. The molecule has 4 atom stereocenters. The van der Waals surface area contributed by atoms with Crippen LogP contribution in [-0.2, 0) is 45.4 Å². The number of carbonyl (C=O) groups is 1. The molecule has 1 fully saturated rings. The molecule has 4 aromatic carbocycles. The second-order valence-electron chi connectivity index (χ2n) is 10.6. The molecule has 0 unspecified atom stereocenters. The molecular formula is C36H39NO4. The van der Waals surface area contributed by atoms with E-state index in [0.29, 0.717) is 39.4 Å². The maximum absolute atomic E-state index is 12.1. The Bertz CT molecular complexity index is 1290. The first-order chi connectivity index (χ1) is 20.3. The van der Waals surface area contributed by atoms with E-state index >= 15 is 0 Å². The zero-order valence-electron chi connectivity index (χ0n) is 23.5. The Morgan fingerprint density at radius 1 is 0.634 bits per heavy atom. The van der Waals surface area contributed by atoms with Crippen LogP contribution in [0.4, 0.5) is 0 Å². The number of ether oxygens (including phenoxy) is 3. The standard InChI is InChI=1S/C36H39NO4/c38-22-21-34-33(28-39-25-30-15-7-2-8-16-30)36(41-27-32-19-11-4-12-20-32)35(40-26-31-17-9-3-10-18-31)24-37(34)23-29-13-5-1-6-14-29/h1-20,22,33-36H,21,23-28H2/t33-,34-,35+,36+/m0/s1. The second kappa shape index (κ2) is 15.4. The summed E-state index contributed by atoms with van der Waals surface area (Å²) in [5.41, 5.74) is 4.56. The number of carbonyl (C=O) groups excluding carboxylic acids is 1. The number of piperidine rings is 1. The summed E-state index contributed by atoms with van der Waals surface area (Å²) in [6, 6.07) is 41.0. The molecule has 1 aliphatic heterocycles. The van der Waals surface area contributed by atoms with Crippen LogP contribution in [0, 0.1) is 5.92 Å². The van der Waals surface area contributed by atoms with Crippen molar-refractivity contribution in [1.29, 1.82) is 0 Å². The fourth-order valence-electron chi connectivity index (χ4n) is 5.67. The van der Waals surface area contributed by atoms with Crippen LogP contribution in [0.3, 0.4) is 0 Å². The van der Waals surface area contributed by atoms with Crippen molar-refractivity contribution in [3.8, 4) is 0 Å². The van der Waals surface area contributed by atoms with Crippen LogP contribution < -0.4 is 0 Å². The molecule has 1 saturated heterocycles. The Hall–Kier alpha value is -3.61. The van der Waals surface area contributed by atoms with Crippen molar-refractivity contribution in [2.45, 2.75) is 51.0 Å². The number of hydrogen-bond donors (Lipinski definition) is 0. The molecule has 0 aliphatic carbocycles. The predicted molar refractivity (Wildman–Crippen MR) is 161 cm³/mol. The quantitative estimate of drug-likeness (QED) is 0.169. The third-order valence-electron chi connectivity index (χ3n) is 7.75. The molecule has 4 aromatic rings. The molecule has 0 amide bonds. The minimum Gasteiger partial charge on any atom is -0.376 e. The van der Waals surface area contributed by atoms with Gasteiger partial charge in [-0.2, -0.15) is 0 Å². The van der Waals surface area contributed by atoms with E-state index in [1.807, 2.05) is 60.7 Å². The van der Waals surface area contributed by atoms with Gasteiger partial charge in [-0.05, 0) is 22.3 Å². The summed E-state index contributed by atoms with van der Waals surface area (Å²) in [5, 5.41) is 0. The van der Waals surface area contributed by atoms with Gasteiger partial charge in [0.15, 0.2) is 0 Å². The minimum absolute atomic E-state index is 0.0409. The SMILES string of the molecule is O=CC[C@H]1[C@H](COCc2ccccc2)[C@@H](OCc2ccccc2)[C@H](OCc2ccccc2)CN1Cc1ccccc1. The highest BCUT2D eigenvalue weighted by molar-refractivity contribution is 5.50. The highest BCUT2D eigenvalue weighted by atomic mass is 16.5. The van der Waals surface area contributed by atoms with E-state index in [2.05, 4.69) is 65.6 Å². The fourth-order valence-corrected chi connectivity index (χ4v) is 5.67. The van der Waals surface area contributed by atoms with Crippen LogP contribution in [0.15, 0.2) is 121 Å². The first-order valence-corrected chi connectivity index (χ1v) is 14.4. The van der Waals surface area contributed by atoms with Crippen molar-refractivity contribution >= 4 is 6.29 Å². The minimum atomic E-state index is -0.244. The van der Waals surface area contributed by atoms with Gasteiger partial charge < -0.3 is 19.0 Å². The maximum atomic E-state index is 12.1. The predicted octanol–water partition coefficient (Wildman–Crippen LogP) is 6.46. The molecule has 1 heterocycles. The Balaban J connectivity index is 1.42. The lowest BCUT2D eigenvalue weighted by molar-refractivity contribution is -0.176. The van der Waals surface area contributed by atoms with Gasteiger partial charge >= 0.3 is 0 Å². The Morgan fingerprint density at radius 2 is 1.12 bits per heavy atom. The lowest BCUT2D eigenvalue weighted by atomic mass is 9.83. The molecule has 0 aromatic heterocycles. The van der Waals surface area contributed by atoms with Crippen LogP contribution >= 0.6 is 0 Å². The first-order valence-electron chi connectivity index (χ1n) is 14.4. The van der Waals surface area contributed by atoms with E-state index in [4.69, 9.17) is 14.2 Å². The lowest BCUT2D eigenvalue weighted by Crippen LogP contribution is -2.60. The van der Waals surface area contributed by atoms with Crippen molar-refractivity contribution in [1.82, 2.24) is 4.90 Å². The van der Waals surface area contributed by atoms with E-state index in [1.165, 1.54) is 5.56 Å². The summed E-state index contributed by atoms with van der Waals surface area (Å²) in [6.45, 7) is 3.32. The number of benzene rings is 4. The van der Waals surface area contributed by atoms with E-state index < -0.39 is 0 Å². The highest BCUT2D eigenvalue weighted by Crippen LogP contribution is 2.33. The van der Waals surface area contributed by atoms with Gasteiger partial charge in [0.1, 0.15) is 6.29 Å². The molecule has 5 nitrogen and oxygen atoms in total. The summed E-state index contributed by atoms with van der Waals surface area (Å²) < 4.78 is 19.7. The van der Waals surface area contributed by atoms with E-state index in [9.17, 15) is 4.79 Å². The first kappa shape index (κ1) is 28.9. The number of rotatable bonds is 14. The van der Waals surface area contributed by atoms with Gasteiger partial charge in [0.2, 0.25) is 0 Å². The monoisotopic (exact) mass is 549 g/mol. The summed E-state index contributed by atoms with van der Waals surface area (Å²) in [4.78, 5) is 14.4. The zero-order valence-corrected chi connectivity index (χ0v) is 23.5. The topological polar surface area (TPSA) is 48.0 Å². The maximum Gasteiger partial charge on any atom is 0.121 e. The fraction of sp³-hybridized carbons (Fsp3) is 0.306. The van der Waals surface area contributed by atoms with Gasteiger partial charge in [-0.15, -0.1) is 0 Å². The van der Waals surface area contributed by atoms with Crippen molar-refractivity contribution < 1.29 is 19.0 Å². The van der Waals surface area contributed by atoms with Gasteiger partial charge in [-0.1, -0.05) is 121 Å². The average molecular weight is 550 g/mol. The molecule has 0 spiro atoms. The molecule has 41 heavy (non-hydrogen) atoms. The van der Waals surface area contributed by atoms with Crippen LogP contribution in [0.1, 0.15) is 28.7 Å². The van der Waals surface area contributed by atoms with Crippen molar-refractivity contribution in [2.24, 2.45) is 5.92 Å². The summed E-state index contributed by atoms with van der Waals surface area (Å²) in [5.74, 6) is -0.0640. The zero-order chi connectivity index (χ0) is 28.1. The van der Waals surface area contributed by atoms with Crippen LogP contribution in [-0.4, -0.2) is 42.6 Å². The number of nitrogens with zero attached hydrogens (tertiary/aromatic N) is 1. The molecule has 212 valence electrons. The summed E-state index contributed by atoms with van der Waals surface area (Å²) in [6.07, 6.45) is 0.997. The third kappa shape index (κ3) is 8.44. The molecule has 5 heteroatoms. The van der Waals surface area contributed by atoms with Gasteiger partial charge in [0, 0.05) is 31.5 Å². The number of aldehydes is 1. The lowest BCUT2D eigenvalue weighted by Gasteiger charge is -2.48. The van der Waals surface area contributed by atoms with E-state index in [1.54, 1.807) is 0 Å². The second-order valence-corrected chi connectivity index (χ2v) is 10.6. The van der Waals surface area contributed by atoms with Crippen LogP contribution in [0.25, 0.3) is 0 Å². The molecule has 1 aliphatic rings. The molecule has 0 saturated carbocycles. The molecule has 0 bridgehead atoms. The number of hydrogen-bond acceptors (Lipinski definition) is 5. The Labute approximate surface area is 243 Å². The molecule has 5 rings (SSSR count).